The van der Waals surface area contributed by atoms with Crippen LogP contribution in [0.1, 0.15) is 12.5 Å². The SMILES string of the molecule is CC(CS(C)(=O)=O)N(C)C(=O)C=Cc1ccc(N2CCOCC2)cc1. The molecule has 1 saturated heterocycles. The minimum absolute atomic E-state index is 0.0443. The van der Waals surface area contributed by atoms with E-state index in [2.05, 4.69) is 4.90 Å². The van der Waals surface area contributed by atoms with Crippen molar-refractivity contribution in [3.8, 4) is 0 Å². The first-order valence-electron chi connectivity index (χ1n) is 8.31. The minimum Gasteiger partial charge on any atom is -0.378 e. The lowest BCUT2D eigenvalue weighted by Gasteiger charge is -2.28. The first kappa shape index (κ1) is 19.5. The van der Waals surface area contributed by atoms with Crippen LogP contribution in [0.3, 0.4) is 0 Å². The normalized spacial score (nSPS) is 16.8. The van der Waals surface area contributed by atoms with E-state index in [1.165, 1.54) is 17.2 Å². The molecule has 0 radical (unpaired) electrons. The van der Waals surface area contributed by atoms with Crippen molar-refractivity contribution >= 4 is 27.5 Å². The molecule has 1 aromatic carbocycles. The Bertz CT molecular complexity index is 707. The number of nitrogens with zero attached hydrogens (tertiary/aromatic N) is 2. The van der Waals surface area contributed by atoms with E-state index in [1.54, 1.807) is 20.0 Å². The van der Waals surface area contributed by atoms with Crippen LogP contribution in [0.5, 0.6) is 0 Å². The smallest absolute Gasteiger partial charge is 0.246 e. The fourth-order valence-electron chi connectivity index (χ4n) is 2.67. The second-order valence-corrected chi connectivity index (χ2v) is 8.60. The number of sulfone groups is 1. The van der Waals surface area contributed by atoms with E-state index in [-0.39, 0.29) is 17.7 Å². The van der Waals surface area contributed by atoms with Crippen LogP contribution in [0.15, 0.2) is 30.3 Å². The maximum absolute atomic E-state index is 12.2. The maximum Gasteiger partial charge on any atom is 0.246 e. The van der Waals surface area contributed by atoms with Gasteiger partial charge in [0.15, 0.2) is 0 Å². The molecule has 1 aliphatic heterocycles. The summed E-state index contributed by atoms with van der Waals surface area (Å²) in [6, 6.07) is 7.63. The maximum atomic E-state index is 12.2. The van der Waals surface area contributed by atoms with Gasteiger partial charge in [0.1, 0.15) is 9.84 Å². The van der Waals surface area contributed by atoms with Crippen LogP contribution in [0.2, 0.25) is 0 Å². The van der Waals surface area contributed by atoms with Gasteiger partial charge in [-0.2, -0.15) is 0 Å². The molecule has 1 atom stereocenters. The molecule has 0 spiro atoms. The highest BCUT2D eigenvalue weighted by atomic mass is 32.2. The molecule has 1 unspecified atom stereocenters. The number of likely N-dealkylation sites (N-methyl/N-ethyl adjacent to an activating group) is 1. The fraction of sp³-hybridized carbons (Fsp3) is 0.500. The Morgan fingerprint density at radius 1 is 1.28 bits per heavy atom. The summed E-state index contributed by atoms with van der Waals surface area (Å²) in [4.78, 5) is 15.9. The molecule has 0 bridgehead atoms. The van der Waals surface area contributed by atoms with Crippen LogP contribution < -0.4 is 4.90 Å². The highest BCUT2D eigenvalue weighted by Crippen LogP contribution is 2.17. The summed E-state index contributed by atoms with van der Waals surface area (Å²) < 4.78 is 28.0. The summed E-state index contributed by atoms with van der Waals surface area (Å²) in [5.41, 5.74) is 2.07. The van der Waals surface area contributed by atoms with Gasteiger partial charge in [-0.1, -0.05) is 12.1 Å². The third-order valence-corrected chi connectivity index (χ3v) is 5.33. The van der Waals surface area contributed by atoms with Crippen molar-refractivity contribution in [3.63, 3.8) is 0 Å². The topological polar surface area (TPSA) is 66.9 Å². The average Bonchev–Trinajstić information content (AvgIpc) is 2.58. The molecule has 6 nitrogen and oxygen atoms in total. The number of ether oxygens (including phenoxy) is 1. The van der Waals surface area contributed by atoms with Gasteiger partial charge in [0.05, 0.1) is 19.0 Å². The molecule has 1 fully saturated rings. The number of morpholine rings is 1. The lowest BCUT2D eigenvalue weighted by atomic mass is 10.1. The Hall–Kier alpha value is -1.86. The van der Waals surface area contributed by atoms with Crippen LogP contribution in [0, 0.1) is 0 Å². The lowest BCUT2D eigenvalue weighted by Crippen LogP contribution is -2.38. The zero-order valence-electron chi connectivity index (χ0n) is 15.0. The van der Waals surface area contributed by atoms with Crippen LogP contribution in [0.4, 0.5) is 5.69 Å². The third-order valence-electron chi connectivity index (χ3n) is 4.24. The van der Waals surface area contributed by atoms with Crippen molar-refractivity contribution < 1.29 is 17.9 Å². The van der Waals surface area contributed by atoms with Crippen molar-refractivity contribution in [1.29, 1.82) is 0 Å². The van der Waals surface area contributed by atoms with E-state index in [0.29, 0.717) is 0 Å². The van der Waals surface area contributed by atoms with E-state index >= 15 is 0 Å². The van der Waals surface area contributed by atoms with Gasteiger partial charge in [-0.25, -0.2) is 8.42 Å². The zero-order valence-corrected chi connectivity index (χ0v) is 15.8. The molecule has 2 rings (SSSR count). The van der Waals surface area contributed by atoms with Crippen molar-refractivity contribution in [2.45, 2.75) is 13.0 Å². The lowest BCUT2D eigenvalue weighted by molar-refractivity contribution is -0.126. The second kappa shape index (κ2) is 8.49. The number of carbonyl (C=O) groups excluding carboxylic acids is 1. The molecule has 0 N–H and O–H groups in total. The van der Waals surface area contributed by atoms with Gasteiger partial charge in [-0.15, -0.1) is 0 Å². The molecular weight excluding hydrogens is 340 g/mol. The predicted molar refractivity (Wildman–Crippen MR) is 100 cm³/mol. The summed E-state index contributed by atoms with van der Waals surface area (Å²) in [7, 11) is -1.50. The first-order chi connectivity index (χ1) is 11.8. The van der Waals surface area contributed by atoms with Gasteiger partial charge in [0.2, 0.25) is 5.91 Å². The van der Waals surface area contributed by atoms with Gasteiger partial charge in [-0.3, -0.25) is 4.79 Å². The van der Waals surface area contributed by atoms with Gasteiger partial charge in [0.25, 0.3) is 0 Å². The Morgan fingerprint density at radius 3 is 2.44 bits per heavy atom. The largest absolute Gasteiger partial charge is 0.378 e. The molecule has 1 aliphatic rings. The summed E-state index contributed by atoms with van der Waals surface area (Å²) in [6.07, 6.45) is 4.39. The Morgan fingerprint density at radius 2 is 1.88 bits per heavy atom. The highest BCUT2D eigenvalue weighted by Gasteiger charge is 2.18. The minimum atomic E-state index is -3.12. The summed E-state index contributed by atoms with van der Waals surface area (Å²) in [5.74, 6) is -0.259. The second-order valence-electron chi connectivity index (χ2n) is 6.41. The molecule has 0 saturated carbocycles. The molecule has 25 heavy (non-hydrogen) atoms. The van der Waals surface area contributed by atoms with Gasteiger partial charge < -0.3 is 14.5 Å². The molecule has 1 aromatic rings. The molecule has 0 aromatic heterocycles. The van der Waals surface area contributed by atoms with E-state index < -0.39 is 9.84 Å². The van der Waals surface area contributed by atoms with E-state index in [4.69, 9.17) is 4.74 Å². The first-order valence-corrected chi connectivity index (χ1v) is 10.4. The number of anilines is 1. The molecular formula is C18H26N2O4S. The number of hydrogen-bond acceptors (Lipinski definition) is 5. The molecule has 1 amide bonds. The number of carbonyl (C=O) groups is 1. The van der Waals surface area contributed by atoms with E-state index in [0.717, 1.165) is 37.6 Å². The summed E-state index contributed by atoms with van der Waals surface area (Å²) in [5, 5.41) is 0. The number of hydrogen-bond donors (Lipinski definition) is 0. The Kier molecular flexibility index (Phi) is 6.61. The Labute approximate surface area is 150 Å². The quantitative estimate of drug-likeness (QED) is 0.713. The van der Waals surface area contributed by atoms with E-state index in [1.807, 2.05) is 24.3 Å². The van der Waals surface area contributed by atoms with E-state index in [9.17, 15) is 13.2 Å². The van der Waals surface area contributed by atoms with Crippen LogP contribution in [0.25, 0.3) is 6.08 Å². The van der Waals surface area contributed by atoms with Gasteiger partial charge >= 0.3 is 0 Å². The molecule has 138 valence electrons. The van der Waals surface area contributed by atoms with Crippen LogP contribution in [-0.2, 0) is 19.4 Å². The standard InChI is InChI=1S/C18H26N2O4S/c1-15(14-25(3,22)23)19(2)18(21)9-6-16-4-7-17(8-5-16)20-10-12-24-13-11-20/h4-9,15H,10-14H2,1-3H3. The van der Waals surface area contributed by atoms with Crippen LogP contribution >= 0.6 is 0 Å². The van der Waals surface area contributed by atoms with Crippen molar-refractivity contribution in [2.24, 2.45) is 0 Å². The Balaban J connectivity index is 1.95. The van der Waals surface area contributed by atoms with Crippen LogP contribution in [-0.4, -0.2) is 70.6 Å². The van der Waals surface area contributed by atoms with Crippen molar-refractivity contribution in [3.05, 3.63) is 35.9 Å². The summed E-state index contributed by atoms with van der Waals surface area (Å²) in [6.45, 7) is 4.99. The number of rotatable bonds is 6. The van der Waals surface area contributed by atoms with Gasteiger partial charge in [-0.05, 0) is 30.7 Å². The highest BCUT2D eigenvalue weighted by molar-refractivity contribution is 7.90. The predicted octanol–water partition coefficient (Wildman–Crippen LogP) is 1.43. The molecule has 7 heteroatoms. The van der Waals surface area contributed by atoms with Gasteiger partial charge in [0, 0.05) is 44.2 Å². The molecule has 1 heterocycles. The zero-order chi connectivity index (χ0) is 18.4. The third kappa shape index (κ3) is 6.17. The monoisotopic (exact) mass is 366 g/mol. The fourth-order valence-corrected chi connectivity index (χ4v) is 3.77. The van der Waals surface area contributed by atoms with Crippen molar-refractivity contribution in [1.82, 2.24) is 4.90 Å². The number of amides is 1. The number of benzene rings is 1. The average molecular weight is 366 g/mol. The summed E-state index contributed by atoms with van der Waals surface area (Å²) >= 11 is 0. The molecule has 0 aliphatic carbocycles. The van der Waals surface area contributed by atoms with Crippen molar-refractivity contribution in [2.75, 3.05) is 50.3 Å².